The molecule has 21 heavy (non-hydrogen) atoms. The van der Waals surface area contributed by atoms with Crippen molar-refractivity contribution in [2.45, 2.75) is 25.1 Å². The Morgan fingerprint density at radius 3 is 2.67 bits per heavy atom. The summed E-state index contributed by atoms with van der Waals surface area (Å²) in [4.78, 5) is 6.04. The number of benzene rings is 1. The third-order valence-electron chi connectivity index (χ3n) is 4.12. The Morgan fingerprint density at radius 2 is 2.00 bits per heavy atom. The molecule has 0 saturated carbocycles. The van der Waals surface area contributed by atoms with Gasteiger partial charge in [0.05, 0.1) is 27.6 Å². The molecule has 0 amide bonds. The molecule has 0 saturated heterocycles. The average molecular weight is 276 g/mol. The second-order valence-electron chi connectivity index (χ2n) is 5.83. The molecule has 2 heterocycles. The minimum atomic E-state index is -1.29. The SMILES string of the molecule is [B]C1([B])c2cc(F)cnc2-c2cccc(C(C)C)c2N1C. The average Bonchev–Trinajstić information content (AvgIpc) is 2.44. The molecule has 102 valence electrons. The Kier molecular flexibility index (Phi) is 3.12. The molecule has 0 spiro atoms. The van der Waals surface area contributed by atoms with E-state index in [0.717, 1.165) is 16.8 Å². The molecule has 1 aromatic carbocycles. The Bertz CT molecular complexity index is 713. The molecule has 1 aromatic heterocycles. The predicted molar refractivity (Wildman–Crippen MR) is 85.3 cm³/mol. The second-order valence-corrected chi connectivity index (χ2v) is 5.83. The lowest BCUT2D eigenvalue weighted by atomic mass is 9.54. The van der Waals surface area contributed by atoms with Crippen LogP contribution >= 0.6 is 0 Å². The first-order chi connectivity index (χ1) is 9.84. The third-order valence-corrected chi connectivity index (χ3v) is 4.12. The van der Waals surface area contributed by atoms with E-state index >= 15 is 0 Å². The Hall–Kier alpha value is -1.77. The first kappa shape index (κ1) is 14.2. The fourth-order valence-corrected chi connectivity index (χ4v) is 2.92. The monoisotopic (exact) mass is 276 g/mol. The van der Waals surface area contributed by atoms with Crippen LogP contribution in [0.15, 0.2) is 30.5 Å². The number of anilines is 1. The van der Waals surface area contributed by atoms with Crippen molar-refractivity contribution in [2.75, 3.05) is 11.9 Å². The molecule has 0 fully saturated rings. The van der Waals surface area contributed by atoms with Crippen LogP contribution in [0.25, 0.3) is 11.3 Å². The number of pyridine rings is 1. The summed E-state index contributed by atoms with van der Waals surface area (Å²) < 4.78 is 13.6. The van der Waals surface area contributed by atoms with Crippen LogP contribution in [0.3, 0.4) is 0 Å². The van der Waals surface area contributed by atoms with Gasteiger partial charge in [0, 0.05) is 18.3 Å². The number of fused-ring (bicyclic) bond motifs is 3. The predicted octanol–water partition coefficient (Wildman–Crippen LogP) is 2.91. The van der Waals surface area contributed by atoms with Gasteiger partial charge in [-0.1, -0.05) is 32.0 Å². The van der Waals surface area contributed by atoms with E-state index in [1.165, 1.54) is 12.3 Å². The van der Waals surface area contributed by atoms with Gasteiger partial charge in [0.1, 0.15) is 5.82 Å². The van der Waals surface area contributed by atoms with Crippen LogP contribution in [0, 0.1) is 5.82 Å². The molecule has 0 atom stereocenters. The van der Waals surface area contributed by atoms with Gasteiger partial charge in [-0.25, -0.2) is 4.39 Å². The van der Waals surface area contributed by atoms with E-state index in [1.807, 2.05) is 19.2 Å². The molecule has 0 unspecified atom stereocenters. The molecule has 0 aliphatic carbocycles. The van der Waals surface area contributed by atoms with Gasteiger partial charge in [0.15, 0.2) is 0 Å². The lowest BCUT2D eigenvalue weighted by molar-refractivity contribution is 0.614. The van der Waals surface area contributed by atoms with Gasteiger partial charge in [-0.3, -0.25) is 4.98 Å². The normalized spacial score (nSPS) is 15.8. The van der Waals surface area contributed by atoms with Gasteiger partial charge >= 0.3 is 0 Å². The molecular formula is C16H15B2FN2. The minimum absolute atomic E-state index is 0.320. The van der Waals surface area contributed by atoms with Crippen LogP contribution in [0.4, 0.5) is 10.1 Å². The van der Waals surface area contributed by atoms with Crippen molar-refractivity contribution in [1.82, 2.24) is 4.98 Å². The van der Waals surface area contributed by atoms with Crippen molar-refractivity contribution in [1.29, 1.82) is 0 Å². The van der Waals surface area contributed by atoms with Crippen LogP contribution in [0.5, 0.6) is 0 Å². The number of nitrogens with zero attached hydrogens (tertiary/aromatic N) is 2. The molecule has 1 aliphatic heterocycles. The zero-order valence-corrected chi connectivity index (χ0v) is 12.4. The van der Waals surface area contributed by atoms with E-state index in [-0.39, 0.29) is 0 Å². The van der Waals surface area contributed by atoms with Crippen molar-refractivity contribution < 1.29 is 4.39 Å². The van der Waals surface area contributed by atoms with E-state index in [9.17, 15) is 4.39 Å². The van der Waals surface area contributed by atoms with Crippen molar-refractivity contribution in [3.63, 3.8) is 0 Å². The van der Waals surface area contributed by atoms with Crippen LogP contribution in [0.1, 0.15) is 30.9 Å². The van der Waals surface area contributed by atoms with Gasteiger partial charge in [-0.05, 0) is 28.4 Å². The second kappa shape index (κ2) is 4.62. The Labute approximate surface area is 127 Å². The van der Waals surface area contributed by atoms with E-state index in [0.29, 0.717) is 17.2 Å². The van der Waals surface area contributed by atoms with Gasteiger partial charge in [-0.15, -0.1) is 0 Å². The maximum Gasteiger partial charge on any atom is 0.141 e. The van der Waals surface area contributed by atoms with Crippen molar-refractivity contribution in [3.8, 4) is 11.3 Å². The summed E-state index contributed by atoms with van der Waals surface area (Å²) in [5.41, 5.74) is 4.19. The van der Waals surface area contributed by atoms with E-state index in [2.05, 4.69) is 24.9 Å². The van der Waals surface area contributed by atoms with Crippen molar-refractivity contribution in [2.24, 2.45) is 0 Å². The zero-order chi connectivity index (χ0) is 15.4. The molecule has 4 radical (unpaired) electrons. The number of para-hydroxylation sites is 1. The first-order valence-electron chi connectivity index (χ1n) is 6.95. The molecule has 5 heteroatoms. The number of halogens is 1. The summed E-state index contributed by atoms with van der Waals surface area (Å²) in [6.07, 6.45) is 1.20. The number of rotatable bonds is 1. The molecule has 3 rings (SSSR count). The van der Waals surface area contributed by atoms with E-state index in [1.54, 1.807) is 4.90 Å². The smallest absolute Gasteiger partial charge is 0.141 e. The molecule has 0 N–H and O–H groups in total. The molecular weight excluding hydrogens is 261 g/mol. The highest BCUT2D eigenvalue weighted by Crippen LogP contribution is 2.46. The third kappa shape index (κ3) is 1.98. The maximum atomic E-state index is 13.6. The number of hydrogen-bond acceptors (Lipinski definition) is 2. The first-order valence-corrected chi connectivity index (χ1v) is 6.95. The number of aromatic nitrogens is 1. The van der Waals surface area contributed by atoms with Crippen molar-refractivity contribution in [3.05, 3.63) is 47.4 Å². The fraction of sp³-hybridized carbons (Fsp3) is 0.312. The van der Waals surface area contributed by atoms with Crippen LogP contribution in [0.2, 0.25) is 0 Å². The summed E-state index contributed by atoms with van der Waals surface area (Å²) in [6, 6.07) is 7.38. The summed E-state index contributed by atoms with van der Waals surface area (Å²) in [5.74, 6) is -0.119. The van der Waals surface area contributed by atoms with E-state index < -0.39 is 11.2 Å². The fourth-order valence-electron chi connectivity index (χ4n) is 2.92. The highest BCUT2D eigenvalue weighted by atomic mass is 19.1. The topological polar surface area (TPSA) is 16.1 Å². The van der Waals surface area contributed by atoms with Gasteiger partial charge < -0.3 is 4.90 Å². The van der Waals surface area contributed by atoms with Crippen LogP contribution in [-0.2, 0) is 5.34 Å². The quantitative estimate of drug-likeness (QED) is 0.744. The summed E-state index contributed by atoms with van der Waals surface area (Å²) in [7, 11) is 14.4. The highest BCUT2D eigenvalue weighted by molar-refractivity contribution is 6.42. The summed E-state index contributed by atoms with van der Waals surface area (Å²) in [5, 5.41) is -1.29. The Balaban J connectivity index is 2.38. The zero-order valence-electron chi connectivity index (χ0n) is 12.4. The van der Waals surface area contributed by atoms with E-state index in [4.69, 9.17) is 15.7 Å². The maximum absolute atomic E-state index is 13.6. The molecule has 0 bridgehead atoms. The minimum Gasteiger partial charge on any atom is -0.381 e. The summed E-state index contributed by atoms with van der Waals surface area (Å²) in [6.45, 7) is 4.23. The van der Waals surface area contributed by atoms with Gasteiger partial charge in [0.25, 0.3) is 0 Å². The lowest BCUT2D eigenvalue weighted by Gasteiger charge is -2.46. The summed E-state index contributed by atoms with van der Waals surface area (Å²) >= 11 is 0. The van der Waals surface area contributed by atoms with Gasteiger partial charge in [0.2, 0.25) is 0 Å². The van der Waals surface area contributed by atoms with Crippen LogP contribution in [-0.4, -0.2) is 27.7 Å². The highest BCUT2D eigenvalue weighted by Gasteiger charge is 2.36. The molecule has 2 nitrogen and oxygen atoms in total. The Morgan fingerprint density at radius 1 is 1.29 bits per heavy atom. The standard InChI is InChI=1S/C16H15B2FN2/c1-9(2)11-5-4-6-12-14-13(7-10(19)8-20-14)16(17,18)21(3)15(11)12/h4-9H,1-3H3. The van der Waals surface area contributed by atoms with Gasteiger partial charge in [-0.2, -0.15) is 0 Å². The number of hydrogen-bond donors (Lipinski definition) is 0. The molecule has 1 aliphatic rings. The largest absolute Gasteiger partial charge is 0.381 e. The lowest BCUT2D eigenvalue weighted by Crippen LogP contribution is -2.48. The molecule has 2 aromatic rings. The van der Waals surface area contributed by atoms with Crippen LogP contribution < -0.4 is 4.90 Å². The van der Waals surface area contributed by atoms with Crippen molar-refractivity contribution >= 4 is 21.4 Å².